The molecule has 0 saturated carbocycles. The lowest BCUT2D eigenvalue weighted by molar-refractivity contribution is -0.134. The van der Waals surface area contributed by atoms with Crippen LogP contribution in [0.4, 0.5) is 0 Å². The number of allylic oxidation sites excluding steroid dienone is 1. The highest BCUT2D eigenvalue weighted by Gasteiger charge is 2.48. The highest BCUT2D eigenvalue weighted by molar-refractivity contribution is 6.04. The number of aryl methyl sites for hydroxylation is 1. The number of ether oxygens (including phenoxy) is 1. The summed E-state index contributed by atoms with van der Waals surface area (Å²) >= 11 is 0. The van der Waals surface area contributed by atoms with Crippen LogP contribution >= 0.6 is 0 Å². The number of nitrogens with zero attached hydrogens (tertiary/aromatic N) is 4. The van der Waals surface area contributed by atoms with Gasteiger partial charge in [-0.25, -0.2) is 0 Å². The number of rotatable bonds is 1. The van der Waals surface area contributed by atoms with Gasteiger partial charge >= 0.3 is 0 Å². The number of carbonyl (C=O) groups excluding carboxylic acids is 2. The molecule has 1 amide bonds. The Morgan fingerprint density at radius 1 is 1.46 bits per heavy atom. The van der Waals surface area contributed by atoms with Crippen LogP contribution in [0.25, 0.3) is 0 Å². The highest BCUT2D eigenvalue weighted by atomic mass is 16.5. The number of aromatic nitrogens is 2. The minimum atomic E-state index is -0.793. The smallest absolute Gasteiger partial charge is 0.257 e. The van der Waals surface area contributed by atoms with Crippen LogP contribution in [0.15, 0.2) is 24.0 Å². The van der Waals surface area contributed by atoms with Crippen LogP contribution in [0, 0.1) is 16.7 Å². The first-order valence-electron chi connectivity index (χ1n) is 7.86. The predicted molar refractivity (Wildman–Crippen MR) is 84.9 cm³/mol. The Kier molecular flexibility index (Phi) is 3.80. The van der Waals surface area contributed by atoms with Crippen LogP contribution in [0.2, 0.25) is 0 Å². The number of ketones is 1. The Hall–Kier alpha value is -2.46. The quantitative estimate of drug-likeness (QED) is 0.770. The lowest BCUT2D eigenvalue weighted by atomic mass is 9.69. The molecule has 0 bridgehead atoms. The summed E-state index contributed by atoms with van der Waals surface area (Å²) in [6, 6.07) is 1.97. The van der Waals surface area contributed by atoms with Crippen molar-refractivity contribution in [3.05, 3.63) is 29.6 Å². The van der Waals surface area contributed by atoms with Gasteiger partial charge in [0.05, 0.1) is 30.5 Å². The van der Waals surface area contributed by atoms with Crippen LogP contribution < -0.4 is 0 Å². The molecular weight excluding hydrogens is 308 g/mol. The third-order valence-corrected chi connectivity index (χ3v) is 4.58. The van der Waals surface area contributed by atoms with Crippen molar-refractivity contribution in [2.24, 2.45) is 12.5 Å². The zero-order valence-corrected chi connectivity index (χ0v) is 14.1. The predicted octanol–water partition coefficient (Wildman–Crippen LogP) is 1.08. The number of carbonyl (C=O) groups is 2. The van der Waals surface area contributed by atoms with E-state index in [9.17, 15) is 14.9 Å². The van der Waals surface area contributed by atoms with E-state index in [2.05, 4.69) is 5.10 Å². The van der Waals surface area contributed by atoms with E-state index in [1.807, 2.05) is 19.9 Å². The molecule has 1 unspecified atom stereocenters. The molecule has 0 radical (unpaired) electrons. The van der Waals surface area contributed by atoms with Crippen molar-refractivity contribution in [2.75, 3.05) is 19.7 Å². The molecule has 1 aliphatic heterocycles. The Morgan fingerprint density at radius 3 is 2.83 bits per heavy atom. The van der Waals surface area contributed by atoms with Gasteiger partial charge in [0.2, 0.25) is 0 Å². The largest absolute Gasteiger partial charge is 0.367 e. The fraction of sp³-hybridized carbons (Fsp3) is 0.529. The summed E-state index contributed by atoms with van der Waals surface area (Å²) in [6.45, 7) is 4.78. The first-order valence-corrected chi connectivity index (χ1v) is 7.86. The van der Waals surface area contributed by atoms with Crippen molar-refractivity contribution < 1.29 is 14.3 Å². The second-order valence-corrected chi connectivity index (χ2v) is 7.10. The average Bonchev–Trinajstić information content (AvgIpc) is 2.96. The number of Topliss-reactive ketones (excluding diaryl/α,β-unsaturated/α-hetero) is 1. The van der Waals surface area contributed by atoms with Gasteiger partial charge < -0.3 is 9.64 Å². The number of hydrogen-bond donors (Lipinski definition) is 0. The van der Waals surface area contributed by atoms with Crippen molar-refractivity contribution in [1.29, 1.82) is 5.26 Å². The molecule has 1 aromatic rings. The van der Waals surface area contributed by atoms with Gasteiger partial charge in [0.15, 0.2) is 5.78 Å². The van der Waals surface area contributed by atoms with Crippen LogP contribution in [-0.4, -0.2) is 51.7 Å². The van der Waals surface area contributed by atoms with E-state index in [0.717, 1.165) is 0 Å². The van der Waals surface area contributed by atoms with Gasteiger partial charge in [-0.3, -0.25) is 14.3 Å². The summed E-state index contributed by atoms with van der Waals surface area (Å²) in [5.74, 6) is -0.290. The molecule has 1 saturated heterocycles. The van der Waals surface area contributed by atoms with Crippen LogP contribution in [0.1, 0.15) is 30.6 Å². The van der Waals surface area contributed by atoms with E-state index in [1.165, 1.54) is 6.20 Å². The third-order valence-electron chi connectivity index (χ3n) is 4.58. The second-order valence-electron chi connectivity index (χ2n) is 7.10. The van der Waals surface area contributed by atoms with Gasteiger partial charge in [-0.15, -0.1) is 0 Å². The Labute approximate surface area is 140 Å². The average molecular weight is 328 g/mol. The molecule has 3 rings (SSSR count). The fourth-order valence-corrected chi connectivity index (χ4v) is 3.54. The molecular formula is C17H20N4O3. The molecule has 2 aliphatic rings. The number of amides is 1. The molecule has 1 aliphatic carbocycles. The van der Waals surface area contributed by atoms with Gasteiger partial charge in [0, 0.05) is 25.2 Å². The van der Waals surface area contributed by atoms with E-state index < -0.39 is 11.0 Å². The lowest BCUT2D eigenvalue weighted by Crippen LogP contribution is -2.56. The molecule has 126 valence electrons. The second kappa shape index (κ2) is 5.56. The summed E-state index contributed by atoms with van der Waals surface area (Å²) < 4.78 is 7.53. The van der Waals surface area contributed by atoms with Crippen molar-refractivity contribution in [3.8, 4) is 6.07 Å². The first kappa shape index (κ1) is 16.4. The summed E-state index contributed by atoms with van der Waals surface area (Å²) in [5, 5.41) is 13.3. The van der Waals surface area contributed by atoms with Crippen LogP contribution in [-0.2, 0) is 16.6 Å². The number of nitriles is 1. The maximum Gasteiger partial charge on any atom is 0.257 e. The number of hydrogen-bond acceptors (Lipinski definition) is 5. The molecule has 1 fully saturated rings. The molecule has 1 aromatic heterocycles. The lowest BCUT2D eigenvalue weighted by Gasteiger charge is -2.46. The zero-order valence-electron chi connectivity index (χ0n) is 14.1. The molecule has 0 N–H and O–H groups in total. The molecule has 0 aromatic carbocycles. The van der Waals surface area contributed by atoms with Crippen molar-refractivity contribution in [3.63, 3.8) is 0 Å². The van der Waals surface area contributed by atoms with E-state index in [-0.39, 0.29) is 17.3 Å². The zero-order chi connectivity index (χ0) is 17.5. The van der Waals surface area contributed by atoms with E-state index in [1.54, 1.807) is 28.9 Å². The fourth-order valence-electron chi connectivity index (χ4n) is 3.54. The van der Waals surface area contributed by atoms with Crippen molar-refractivity contribution in [1.82, 2.24) is 14.7 Å². The van der Waals surface area contributed by atoms with Gasteiger partial charge in [-0.2, -0.15) is 10.4 Å². The molecule has 1 spiro atoms. The van der Waals surface area contributed by atoms with Crippen LogP contribution in [0.3, 0.4) is 0 Å². The van der Waals surface area contributed by atoms with Crippen LogP contribution in [0.5, 0.6) is 0 Å². The maximum absolute atomic E-state index is 12.7. The van der Waals surface area contributed by atoms with Gasteiger partial charge in [-0.1, -0.05) is 13.8 Å². The molecule has 7 heteroatoms. The van der Waals surface area contributed by atoms with Gasteiger partial charge in [0.1, 0.15) is 11.7 Å². The first-order chi connectivity index (χ1) is 11.3. The molecule has 7 nitrogen and oxygen atoms in total. The SMILES string of the molecule is Cn1cc(C(=O)N2CCOC3(C=C(C#N)C(=O)C(C)(C)C3)C2)cn1. The number of morpholine rings is 1. The Balaban J connectivity index is 1.90. The maximum atomic E-state index is 12.7. The summed E-state index contributed by atoms with van der Waals surface area (Å²) in [6.07, 6.45) is 5.26. The van der Waals surface area contributed by atoms with E-state index in [4.69, 9.17) is 4.74 Å². The van der Waals surface area contributed by atoms with Gasteiger partial charge in [-0.05, 0) is 12.5 Å². The Morgan fingerprint density at radius 2 is 2.21 bits per heavy atom. The van der Waals surface area contributed by atoms with Crippen molar-refractivity contribution in [2.45, 2.75) is 25.9 Å². The minimum absolute atomic E-state index is 0.113. The van der Waals surface area contributed by atoms with E-state index >= 15 is 0 Å². The van der Waals surface area contributed by atoms with Gasteiger partial charge in [0.25, 0.3) is 5.91 Å². The minimum Gasteiger partial charge on any atom is -0.367 e. The summed E-state index contributed by atoms with van der Waals surface area (Å²) in [4.78, 5) is 26.7. The topological polar surface area (TPSA) is 88.2 Å². The Bertz CT molecular complexity index is 771. The van der Waals surface area contributed by atoms with E-state index in [0.29, 0.717) is 31.7 Å². The summed E-state index contributed by atoms with van der Waals surface area (Å²) in [7, 11) is 1.76. The molecule has 24 heavy (non-hydrogen) atoms. The molecule has 1 atom stereocenters. The monoisotopic (exact) mass is 328 g/mol. The van der Waals surface area contributed by atoms with Crippen molar-refractivity contribution >= 4 is 11.7 Å². The highest BCUT2D eigenvalue weighted by Crippen LogP contribution is 2.41. The normalized spacial score (nSPS) is 26.2. The molecule has 2 heterocycles. The standard InChI is InChI=1S/C17H20N4O3/c1-16(2)10-17(6-12(7-18)14(16)22)11-21(4-5-24-17)15(23)13-8-19-20(3)9-13/h6,8-9H,4-5,10-11H2,1-3H3. The summed E-state index contributed by atoms with van der Waals surface area (Å²) in [5.41, 5.74) is -0.856. The third kappa shape index (κ3) is 2.74.